The van der Waals surface area contributed by atoms with Gasteiger partial charge in [-0.05, 0) is 24.3 Å². The van der Waals surface area contributed by atoms with Gasteiger partial charge < -0.3 is 25.5 Å². The summed E-state index contributed by atoms with van der Waals surface area (Å²) in [5.74, 6) is -0.401. The highest BCUT2D eigenvalue weighted by atomic mass is 19.4. The number of pyridine rings is 2. The Morgan fingerprint density at radius 3 is 2.56 bits per heavy atom. The number of nitrogens with zero attached hydrogens (tertiary/aromatic N) is 4. The lowest BCUT2D eigenvalue weighted by Gasteiger charge is -2.08. The molecule has 13 heteroatoms. The molecule has 0 aliphatic rings. The van der Waals surface area contributed by atoms with E-state index >= 15 is 0 Å². The monoisotopic (exact) mass is 383 g/mol. The number of hydrogen-bond acceptors (Lipinski definition) is 10. The number of rotatable bonds is 6. The first-order chi connectivity index (χ1) is 12.8. The van der Waals surface area contributed by atoms with Crippen LogP contribution < -0.4 is 21.3 Å². The van der Waals surface area contributed by atoms with Crippen molar-refractivity contribution in [1.82, 2.24) is 25.6 Å². The highest BCUT2D eigenvalue weighted by molar-refractivity contribution is 5.55. The third-order valence-electron chi connectivity index (χ3n) is 3.12. The molecule has 27 heavy (non-hydrogen) atoms. The van der Waals surface area contributed by atoms with Crippen molar-refractivity contribution in [2.75, 3.05) is 5.32 Å². The maximum absolute atomic E-state index is 12.1. The lowest BCUT2D eigenvalue weighted by molar-refractivity contribution is -0.274. The van der Waals surface area contributed by atoms with Gasteiger partial charge in [-0.1, -0.05) is 5.16 Å². The minimum atomic E-state index is -4.80. The van der Waals surface area contributed by atoms with Gasteiger partial charge in [0.15, 0.2) is 0 Å². The highest BCUT2D eigenvalue weighted by Gasteiger charge is 2.31. The average molecular weight is 383 g/mol. The SMILES string of the molecule is NC(NO)c1ccc(Nc2nc(-c3ccc(OC(F)(F)F)cn3)no2)cn1. The fourth-order valence-electron chi connectivity index (χ4n) is 1.94. The van der Waals surface area contributed by atoms with Gasteiger partial charge in [0.25, 0.3) is 0 Å². The lowest BCUT2D eigenvalue weighted by Crippen LogP contribution is -2.26. The fourth-order valence-corrected chi connectivity index (χ4v) is 1.94. The first kappa shape index (κ1) is 18.5. The molecule has 1 atom stereocenters. The van der Waals surface area contributed by atoms with Crippen LogP contribution in [0.25, 0.3) is 11.5 Å². The normalized spacial score (nSPS) is 12.6. The molecule has 3 heterocycles. The number of aromatic nitrogens is 4. The van der Waals surface area contributed by atoms with Crippen LogP contribution in [-0.2, 0) is 0 Å². The molecular weight excluding hydrogens is 371 g/mol. The molecule has 1 unspecified atom stereocenters. The van der Waals surface area contributed by atoms with Gasteiger partial charge in [-0.2, -0.15) is 10.5 Å². The molecule has 3 rings (SSSR count). The zero-order chi connectivity index (χ0) is 19.4. The van der Waals surface area contributed by atoms with E-state index in [1.807, 2.05) is 5.48 Å². The summed E-state index contributed by atoms with van der Waals surface area (Å²) in [6.45, 7) is 0. The maximum Gasteiger partial charge on any atom is 0.573 e. The molecule has 3 aromatic heterocycles. The van der Waals surface area contributed by atoms with Crippen LogP contribution in [0.1, 0.15) is 11.9 Å². The second kappa shape index (κ2) is 7.53. The molecule has 142 valence electrons. The van der Waals surface area contributed by atoms with E-state index in [4.69, 9.17) is 15.5 Å². The van der Waals surface area contributed by atoms with Gasteiger partial charge in [-0.3, -0.25) is 4.98 Å². The van der Waals surface area contributed by atoms with Crippen molar-refractivity contribution >= 4 is 11.7 Å². The number of hydroxylamine groups is 1. The molecule has 10 nitrogen and oxygen atoms in total. The summed E-state index contributed by atoms with van der Waals surface area (Å²) in [4.78, 5) is 11.9. The first-order valence-electron chi connectivity index (χ1n) is 7.28. The third-order valence-corrected chi connectivity index (χ3v) is 3.12. The molecule has 0 aliphatic heterocycles. The summed E-state index contributed by atoms with van der Waals surface area (Å²) in [5.41, 5.74) is 8.50. The van der Waals surface area contributed by atoms with Crippen LogP contribution in [0.2, 0.25) is 0 Å². The Morgan fingerprint density at radius 1 is 1.15 bits per heavy atom. The topological polar surface area (TPSA) is 144 Å². The van der Waals surface area contributed by atoms with Gasteiger partial charge in [-0.15, -0.1) is 13.2 Å². The zero-order valence-corrected chi connectivity index (χ0v) is 13.3. The molecule has 3 aromatic rings. The van der Waals surface area contributed by atoms with Gasteiger partial charge in [0.1, 0.15) is 17.6 Å². The van der Waals surface area contributed by atoms with Crippen molar-refractivity contribution in [2.45, 2.75) is 12.5 Å². The summed E-state index contributed by atoms with van der Waals surface area (Å²) in [7, 11) is 0. The van der Waals surface area contributed by atoms with Crippen LogP contribution in [0.4, 0.5) is 24.9 Å². The minimum absolute atomic E-state index is 0.0153. The number of anilines is 2. The van der Waals surface area contributed by atoms with E-state index in [0.717, 1.165) is 12.3 Å². The molecule has 0 aliphatic carbocycles. The summed E-state index contributed by atoms with van der Waals surface area (Å²) >= 11 is 0. The Labute approximate surface area is 149 Å². The summed E-state index contributed by atoms with van der Waals surface area (Å²) < 4.78 is 45.2. The first-order valence-corrected chi connectivity index (χ1v) is 7.28. The van der Waals surface area contributed by atoms with Crippen molar-refractivity contribution in [3.05, 3.63) is 42.4 Å². The lowest BCUT2D eigenvalue weighted by atomic mass is 10.3. The van der Waals surface area contributed by atoms with E-state index < -0.39 is 18.3 Å². The summed E-state index contributed by atoms with van der Waals surface area (Å²) in [6.07, 6.45) is -3.30. The van der Waals surface area contributed by atoms with Gasteiger partial charge in [-0.25, -0.2) is 4.98 Å². The third kappa shape index (κ3) is 4.87. The van der Waals surface area contributed by atoms with E-state index in [9.17, 15) is 13.2 Å². The van der Waals surface area contributed by atoms with Crippen LogP contribution in [-0.4, -0.2) is 31.7 Å². The molecular formula is C14H12F3N7O3. The van der Waals surface area contributed by atoms with Crippen LogP contribution in [0.3, 0.4) is 0 Å². The van der Waals surface area contributed by atoms with Gasteiger partial charge >= 0.3 is 12.4 Å². The zero-order valence-electron chi connectivity index (χ0n) is 13.3. The average Bonchev–Trinajstić information content (AvgIpc) is 3.09. The smallest absolute Gasteiger partial charge is 0.404 e. The predicted molar refractivity (Wildman–Crippen MR) is 83.6 cm³/mol. The number of alkyl halides is 3. The Morgan fingerprint density at radius 2 is 1.96 bits per heavy atom. The van der Waals surface area contributed by atoms with E-state index in [1.165, 1.54) is 12.3 Å². The minimum Gasteiger partial charge on any atom is -0.404 e. The summed E-state index contributed by atoms with van der Waals surface area (Å²) in [6, 6.07) is 5.54. The predicted octanol–water partition coefficient (Wildman–Crippen LogP) is 2.10. The molecule has 0 fully saturated rings. The molecule has 0 spiro atoms. The summed E-state index contributed by atoms with van der Waals surface area (Å²) in [5, 5.41) is 15.2. The highest BCUT2D eigenvalue weighted by Crippen LogP contribution is 2.24. The van der Waals surface area contributed by atoms with E-state index in [-0.39, 0.29) is 17.5 Å². The van der Waals surface area contributed by atoms with Crippen LogP contribution in [0, 0.1) is 0 Å². The van der Waals surface area contributed by atoms with E-state index in [1.54, 1.807) is 12.1 Å². The van der Waals surface area contributed by atoms with Gasteiger partial charge in [0.05, 0.1) is 23.8 Å². The van der Waals surface area contributed by atoms with Crippen molar-refractivity contribution in [3.8, 4) is 17.3 Å². The Hall–Kier alpha value is -3.29. The second-order valence-corrected chi connectivity index (χ2v) is 5.05. The molecule has 0 bridgehead atoms. The quantitative estimate of drug-likeness (QED) is 0.369. The van der Waals surface area contributed by atoms with E-state index in [0.29, 0.717) is 11.4 Å². The standard InChI is InChI=1S/C14H12F3N7O3/c15-14(16,17)26-8-2-4-10(20-6-8)12-22-13(27-24-12)21-7-1-3-9(19-5-7)11(18)23-25/h1-6,11,23,25H,18H2,(H,21,22,24). The van der Waals surface area contributed by atoms with Gasteiger partial charge in [0, 0.05) is 0 Å². The van der Waals surface area contributed by atoms with Crippen molar-refractivity contribution in [3.63, 3.8) is 0 Å². The van der Waals surface area contributed by atoms with Crippen LogP contribution in [0.5, 0.6) is 5.75 Å². The number of ether oxygens (including phenoxy) is 1. The molecule has 0 saturated heterocycles. The Kier molecular flexibility index (Phi) is 5.16. The number of nitrogens with one attached hydrogen (secondary N) is 2. The van der Waals surface area contributed by atoms with Crippen LogP contribution in [0.15, 0.2) is 41.2 Å². The molecule has 0 radical (unpaired) electrons. The van der Waals surface area contributed by atoms with Crippen molar-refractivity contribution in [2.24, 2.45) is 5.73 Å². The maximum atomic E-state index is 12.1. The fraction of sp³-hybridized carbons (Fsp3) is 0.143. The second-order valence-electron chi connectivity index (χ2n) is 5.05. The Bertz CT molecular complexity index is 884. The van der Waals surface area contributed by atoms with Crippen molar-refractivity contribution < 1.29 is 27.6 Å². The molecule has 5 N–H and O–H groups in total. The molecule has 0 aromatic carbocycles. The molecule has 0 amide bonds. The van der Waals surface area contributed by atoms with Gasteiger partial charge in [0.2, 0.25) is 5.82 Å². The molecule has 0 saturated carbocycles. The number of halogens is 3. The van der Waals surface area contributed by atoms with Crippen molar-refractivity contribution in [1.29, 1.82) is 0 Å². The van der Waals surface area contributed by atoms with Crippen LogP contribution >= 0.6 is 0 Å². The number of nitrogens with two attached hydrogens (primary N) is 1. The van der Waals surface area contributed by atoms with E-state index in [2.05, 4.69) is 30.2 Å². The Balaban J connectivity index is 1.68. The number of hydrogen-bond donors (Lipinski definition) is 4. The largest absolute Gasteiger partial charge is 0.573 e.